The fourth-order valence-electron chi connectivity index (χ4n) is 3.50. The van der Waals surface area contributed by atoms with Gasteiger partial charge in [-0.25, -0.2) is 9.48 Å². The summed E-state index contributed by atoms with van der Waals surface area (Å²) in [5.41, 5.74) is 2.43. The Hall–Kier alpha value is -2.85. The van der Waals surface area contributed by atoms with Crippen molar-refractivity contribution in [3.8, 4) is 0 Å². The molecule has 28 heavy (non-hydrogen) atoms. The van der Waals surface area contributed by atoms with Crippen LogP contribution in [-0.4, -0.2) is 70.3 Å². The molecule has 1 unspecified atom stereocenters. The second kappa shape index (κ2) is 8.03. The van der Waals surface area contributed by atoms with Crippen LogP contribution >= 0.6 is 0 Å². The summed E-state index contributed by atoms with van der Waals surface area (Å²) < 4.78 is 12.5. The van der Waals surface area contributed by atoms with E-state index in [0.717, 1.165) is 17.5 Å². The molecule has 4 rings (SSSR count). The predicted octanol–water partition coefficient (Wildman–Crippen LogP) is 1.05. The zero-order chi connectivity index (χ0) is 19.5. The third kappa shape index (κ3) is 3.73. The van der Waals surface area contributed by atoms with Crippen molar-refractivity contribution >= 4 is 17.5 Å². The highest BCUT2D eigenvalue weighted by molar-refractivity contribution is 6.01. The quantitative estimate of drug-likeness (QED) is 0.817. The van der Waals surface area contributed by atoms with Gasteiger partial charge in [-0.05, 0) is 40.6 Å². The Bertz CT molecular complexity index is 883. The monoisotopic (exact) mass is 386 g/mol. The van der Waals surface area contributed by atoms with Crippen molar-refractivity contribution in [3.05, 3.63) is 35.2 Å². The van der Waals surface area contributed by atoms with Crippen molar-refractivity contribution in [2.24, 2.45) is 0 Å². The number of aryl methyl sites for hydroxylation is 1. The number of ether oxygens (including phenoxy) is 2. The molecule has 0 spiro atoms. The number of Topliss-reactive ketones (excluding diaryl/α,β-unsaturated/α-hetero) is 1. The van der Waals surface area contributed by atoms with Gasteiger partial charge in [-0.1, -0.05) is 0 Å². The lowest BCUT2D eigenvalue weighted by Crippen LogP contribution is -2.45. The van der Waals surface area contributed by atoms with Gasteiger partial charge in [-0.2, -0.15) is 0 Å². The molecule has 2 aromatic rings. The summed E-state index contributed by atoms with van der Waals surface area (Å²) in [5.74, 6) is 0.737. The number of tetrazole rings is 1. The van der Waals surface area contributed by atoms with E-state index in [1.54, 1.807) is 28.8 Å². The predicted molar refractivity (Wildman–Crippen MR) is 98.1 cm³/mol. The summed E-state index contributed by atoms with van der Waals surface area (Å²) in [5, 5.41) is 14.6. The van der Waals surface area contributed by atoms with Crippen molar-refractivity contribution < 1.29 is 19.1 Å². The van der Waals surface area contributed by atoms with E-state index in [1.165, 1.54) is 0 Å². The molecule has 1 atom stereocenters. The highest BCUT2D eigenvalue weighted by atomic mass is 16.5. The largest absolute Gasteiger partial charge is 0.383 e. The number of rotatable bonds is 5. The molecule has 10 nitrogen and oxygen atoms in total. The first-order valence-corrected chi connectivity index (χ1v) is 9.24. The topological polar surface area (TPSA) is 111 Å². The van der Waals surface area contributed by atoms with Gasteiger partial charge >= 0.3 is 6.03 Å². The lowest BCUT2D eigenvalue weighted by molar-refractivity contribution is -0.0209. The minimum Gasteiger partial charge on any atom is -0.383 e. The Morgan fingerprint density at radius 1 is 1.39 bits per heavy atom. The van der Waals surface area contributed by atoms with E-state index in [4.69, 9.17) is 9.47 Å². The number of amides is 2. The zero-order valence-electron chi connectivity index (χ0n) is 15.6. The first-order chi connectivity index (χ1) is 13.7. The number of anilines is 1. The molecule has 1 aliphatic carbocycles. The third-order valence-electron chi connectivity index (χ3n) is 4.99. The van der Waals surface area contributed by atoms with Crippen LogP contribution in [0.1, 0.15) is 34.3 Å². The van der Waals surface area contributed by atoms with Crippen molar-refractivity contribution in [3.63, 3.8) is 0 Å². The number of ketones is 1. The number of morpholine rings is 1. The molecule has 1 N–H and O–H groups in total. The Morgan fingerprint density at radius 3 is 3.14 bits per heavy atom. The van der Waals surface area contributed by atoms with Gasteiger partial charge in [0.2, 0.25) is 0 Å². The molecule has 0 radical (unpaired) electrons. The number of benzene rings is 1. The molecule has 1 aromatic heterocycles. The number of aromatic nitrogens is 4. The third-order valence-corrected chi connectivity index (χ3v) is 4.99. The van der Waals surface area contributed by atoms with E-state index < -0.39 is 6.10 Å². The molecule has 10 heteroatoms. The first kappa shape index (κ1) is 18.5. The first-order valence-electron chi connectivity index (χ1n) is 9.24. The highest BCUT2D eigenvalue weighted by Crippen LogP contribution is 2.26. The van der Waals surface area contributed by atoms with Gasteiger partial charge < -0.3 is 19.7 Å². The number of fused-ring (bicyclic) bond motifs is 1. The van der Waals surface area contributed by atoms with Gasteiger partial charge in [-0.15, -0.1) is 5.10 Å². The molecular weight excluding hydrogens is 364 g/mol. The molecule has 2 amide bonds. The number of hydrogen-bond donors (Lipinski definition) is 1. The van der Waals surface area contributed by atoms with Gasteiger partial charge in [0, 0.05) is 31.3 Å². The highest BCUT2D eigenvalue weighted by Gasteiger charge is 2.29. The van der Waals surface area contributed by atoms with E-state index in [-0.39, 0.29) is 11.8 Å². The second-order valence-corrected chi connectivity index (χ2v) is 6.78. The van der Waals surface area contributed by atoms with E-state index in [1.807, 2.05) is 6.07 Å². The van der Waals surface area contributed by atoms with Crippen LogP contribution in [0.15, 0.2) is 18.2 Å². The number of hydrogen-bond acceptors (Lipinski definition) is 7. The molecule has 1 aromatic carbocycles. The number of methoxy groups -OCH3 is 1. The van der Waals surface area contributed by atoms with E-state index in [0.29, 0.717) is 50.8 Å². The van der Waals surface area contributed by atoms with Gasteiger partial charge in [0.1, 0.15) is 6.10 Å². The molecule has 0 saturated carbocycles. The molecule has 148 valence electrons. The Balaban J connectivity index is 1.41. The summed E-state index contributed by atoms with van der Waals surface area (Å²) in [4.78, 5) is 26.2. The molecule has 1 aliphatic heterocycles. The van der Waals surface area contributed by atoms with Gasteiger partial charge in [-0.3, -0.25) is 4.79 Å². The normalized spacial score (nSPS) is 19.0. The SMILES string of the molecule is COCCn1nnnc1C1CN(C(=O)Nc2ccc3c(c2)CCC3=O)CCO1. The zero-order valence-corrected chi connectivity index (χ0v) is 15.6. The van der Waals surface area contributed by atoms with Crippen molar-refractivity contribution in [2.45, 2.75) is 25.5 Å². The summed E-state index contributed by atoms with van der Waals surface area (Å²) in [6.07, 6.45) is 0.862. The maximum atomic E-state index is 12.7. The van der Waals surface area contributed by atoms with Crippen LogP contribution < -0.4 is 5.32 Å². The van der Waals surface area contributed by atoms with Gasteiger partial charge in [0.15, 0.2) is 11.6 Å². The van der Waals surface area contributed by atoms with E-state index >= 15 is 0 Å². The molecular formula is C18H22N6O4. The lowest BCUT2D eigenvalue weighted by Gasteiger charge is -2.32. The van der Waals surface area contributed by atoms with Crippen LogP contribution in [-0.2, 0) is 22.4 Å². The Labute approximate surface area is 161 Å². The molecule has 0 bridgehead atoms. The van der Waals surface area contributed by atoms with Crippen LogP contribution in [0.5, 0.6) is 0 Å². The minimum atomic E-state index is -0.399. The van der Waals surface area contributed by atoms with Gasteiger partial charge in [0.25, 0.3) is 0 Å². The average molecular weight is 386 g/mol. The summed E-state index contributed by atoms with van der Waals surface area (Å²) in [6, 6.07) is 5.21. The summed E-state index contributed by atoms with van der Waals surface area (Å²) in [7, 11) is 1.61. The maximum absolute atomic E-state index is 12.7. The second-order valence-electron chi connectivity index (χ2n) is 6.78. The number of carbonyl (C=O) groups is 2. The maximum Gasteiger partial charge on any atom is 0.322 e. The number of carbonyl (C=O) groups excluding carboxylic acids is 2. The molecule has 1 fully saturated rings. The number of urea groups is 1. The fraction of sp³-hybridized carbons (Fsp3) is 0.500. The Morgan fingerprint density at radius 2 is 2.29 bits per heavy atom. The van der Waals surface area contributed by atoms with Crippen LogP contribution in [0.3, 0.4) is 0 Å². The summed E-state index contributed by atoms with van der Waals surface area (Å²) in [6.45, 7) is 2.22. The minimum absolute atomic E-state index is 0.162. The van der Waals surface area contributed by atoms with Crippen LogP contribution in [0.25, 0.3) is 0 Å². The molecule has 2 aliphatic rings. The average Bonchev–Trinajstić information content (AvgIpc) is 3.33. The van der Waals surface area contributed by atoms with E-state index in [2.05, 4.69) is 20.8 Å². The molecule has 1 saturated heterocycles. The van der Waals surface area contributed by atoms with Crippen molar-refractivity contribution in [2.75, 3.05) is 38.7 Å². The fourth-order valence-corrected chi connectivity index (χ4v) is 3.50. The lowest BCUT2D eigenvalue weighted by atomic mass is 10.1. The van der Waals surface area contributed by atoms with Gasteiger partial charge in [0.05, 0.1) is 26.3 Å². The van der Waals surface area contributed by atoms with Crippen LogP contribution in [0.2, 0.25) is 0 Å². The van der Waals surface area contributed by atoms with Crippen LogP contribution in [0.4, 0.5) is 10.5 Å². The summed E-state index contributed by atoms with van der Waals surface area (Å²) >= 11 is 0. The Kier molecular flexibility index (Phi) is 5.31. The molecule has 2 heterocycles. The number of nitrogens with one attached hydrogen (secondary N) is 1. The smallest absolute Gasteiger partial charge is 0.322 e. The number of nitrogens with zero attached hydrogens (tertiary/aromatic N) is 5. The standard InChI is InChI=1S/C18H22N6O4/c1-27-8-7-24-17(20-21-22-24)16-11-23(6-9-28-16)18(26)19-13-3-4-14-12(10-13)2-5-15(14)25/h3-4,10,16H,2,5-9,11H2,1H3,(H,19,26). The van der Waals surface area contributed by atoms with E-state index in [9.17, 15) is 9.59 Å². The van der Waals surface area contributed by atoms with Crippen molar-refractivity contribution in [1.29, 1.82) is 0 Å². The van der Waals surface area contributed by atoms with Crippen LogP contribution in [0, 0.1) is 0 Å². The van der Waals surface area contributed by atoms with Crippen molar-refractivity contribution in [1.82, 2.24) is 25.1 Å².